The van der Waals surface area contributed by atoms with E-state index in [2.05, 4.69) is 21.0 Å². The molecular formula is C11H10BrFN2. The predicted octanol–water partition coefficient (Wildman–Crippen LogP) is 3.14. The van der Waals surface area contributed by atoms with E-state index < -0.39 is 0 Å². The van der Waals surface area contributed by atoms with Crippen molar-refractivity contribution >= 4 is 15.9 Å². The molecule has 0 N–H and O–H groups in total. The summed E-state index contributed by atoms with van der Waals surface area (Å²) in [5.74, 6) is -0.232. The van der Waals surface area contributed by atoms with E-state index in [0.29, 0.717) is 6.54 Å². The lowest BCUT2D eigenvalue weighted by molar-refractivity contribution is 0.615. The highest BCUT2D eigenvalue weighted by Gasteiger charge is 2.02. The van der Waals surface area contributed by atoms with Crippen LogP contribution in [0.2, 0.25) is 0 Å². The van der Waals surface area contributed by atoms with Crippen LogP contribution in [0.15, 0.2) is 34.9 Å². The van der Waals surface area contributed by atoms with Gasteiger partial charge in [-0.1, -0.05) is 15.9 Å². The van der Waals surface area contributed by atoms with Gasteiger partial charge in [0.2, 0.25) is 0 Å². The van der Waals surface area contributed by atoms with Crippen LogP contribution in [0.3, 0.4) is 0 Å². The maximum atomic E-state index is 13.1. The Hall–Kier alpha value is -1.16. The third-order valence-corrected chi connectivity index (χ3v) is 2.64. The average molecular weight is 269 g/mol. The first-order chi connectivity index (χ1) is 7.15. The maximum absolute atomic E-state index is 13.1. The van der Waals surface area contributed by atoms with Gasteiger partial charge in [0.15, 0.2) is 0 Å². The molecule has 0 aliphatic heterocycles. The minimum atomic E-state index is -0.232. The number of benzene rings is 1. The Morgan fingerprint density at radius 3 is 2.80 bits per heavy atom. The molecule has 2 aromatic rings. The first-order valence-corrected chi connectivity index (χ1v) is 5.38. The summed E-state index contributed by atoms with van der Waals surface area (Å²) in [5.41, 5.74) is 1.96. The number of aromatic nitrogens is 2. The summed E-state index contributed by atoms with van der Waals surface area (Å²) in [5, 5.41) is 4.15. The van der Waals surface area contributed by atoms with Gasteiger partial charge in [0.05, 0.1) is 6.54 Å². The van der Waals surface area contributed by atoms with Crippen molar-refractivity contribution in [2.24, 2.45) is 0 Å². The van der Waals surface area contributed by atoms with Crippen LogP contribution in [0.4, 0.5) is 4.39 Å². The molecule has 1 heterocycles. The van der Waals surface area contributed by atoms with E-state index in [1.54, 1.807) is 6.20 Å². The molecule has 0 radical (unpaired) electrons. The molecule has 0 unspecified atom stereocenters. The smallest absolute Gasteiger partial charge is 0.124 e. The summed E-state index contributed by atoms with van der Waals surface area (Å²) in [7, 11) is 0. The SMILES string of the molecule is Cc1ccnn1Cc1cc(F)cc(Br)c1. The van der Waals surface area contributed by atoms with Gasteiger partial charge >= 0.3 is 0 Å². The largest absolute Gasteiger partial charge is 0.265 e. The van der Waals surface area contributed by atoms with Crippen molar-refractivity contribution in [3.05, 3.63) is 52.0 Å². The molecule has 15 heavy (non-hydrogen) atoms. The van der Waals surface area contributed by atoms with Gasteiger partial charge in [-0.3, -0.25) is 4.68 Å². The number of hydrogen-bond donors (Lipinski definition) is 0. The van der Waals surface area contributed by atoms with Gasteiger partial charge in [-0.2, -0.15) is 5.10 Å². The van der Waals surface area contributed by atoms with Crippen LogP contribution < -0.4 is 0 Å². The van der Waals surface area contributed by atoms with Crippen LogP contribution in [-0.4, -0.2) is 9.78 Å². The zero-order chi connectivity index (χ0) is 10.8. The van der Waals surface area contributed by atoms with Gasteiger partial charge in [-0.15, -0.1) is 0 Å². The molecule has 2 rings (SSSR count). The first kappa shape index (κ1) is 10.4. The second-order valence-corrected chi connectivity index (χ2v) is 4.32. The van der Waals surface area contributed by atoms with Gasteiger partial charge in [0.1, 0.15) is 5.82 Å². The van der Waals surface area contributed by atoms with Crippen molar-refractivity contribution in [3.63, 3.8) is 0 Å². The number of nitrogens with zero attached hydrogens (tertiary/aromatic N) is 2. The molecule has 1 aromatic heterocycles. The summed E-state index contributed by atoms with van der Waals surface area (Å²) < 4.78 is 15.7. The monoisotopic (exact) mass is 268 g/mol. The number of halogens is 2. The first-order valence-electron chi connectivity index (χ1n) is 4.58. The van der Waals surface area contributed by atoms with Crippen LogP contribution in [0.5, 0.6) is 0 Å². The summed E-state index contributed by atoms with van der Waals surface area (Å²) in [4.78, 5) is 0. The topological polar surface area (TPSA) is 17.8 Å². The van der Waals surface area contributed by atoms with E-state index in [-0.39, 0.29) is 5.82 Å². The fourth-order valence-corrected chi connectivity index (χ4v) is 1.95. The maximum Gasteiger partial charge on any atom is 0.124 e. The normalized spacial score (nSPS) is 10.6. The van der Waals surface area contributed by atoms with Crippen molar-refractivity contribution in [3.8, 4) is 0 Å². The van der Waals surface area contributed by atoms with Crippen molar-refractivity contribution in [1.82, 2.24) is 9.78 Å². The molecule has 0 aliphatic rings. The van der Waals surface area contributed by atoms with Gasteiger partial charge in [0, 0.05) is 16.4 Å². The zero-order valence-corrected chi connectivity index (χ0v) is 9.83. The Kier molecular flexibility index (Phi) is 2.86. The number of aryl methyl sites for hydroxylation is 1. The Morgan fingerprint density at radius 2 is 2.20 bits per heavy atom. The van der Waals surface area contributed by atoms with Gasteiger partial charge in [-0.25, -0.2) is 4.39 Å². The Bertz CT molecular complexity index is 459. The molecule has 0 aliphatic carbocycles. The molecular weight excluding hydrogens is 259 g/mol. The third-order valence-electron chi connectivity index (χ3n) is 2.18. The lowest BCUT2D eigenvalue weighted by atomic mass is 10.2. The summed E-state index contributed by atoms with van der Waals surface area (Å²) >= 11 is 3.27. The van der Waals surface area contributed by atoms with E-state index in [4.69, 9.17) is 0 Å². The van der Waals surface area contributed by atoms with Gasteiger partial charge in [0.25, 0.3) is 0 Å². The summed E-state index contributed by atoms with van der Waals surface area (Å²) in [6.07, 6.45) is 1.74. The molecule has 2 nitrogen and oxygen atoms in total. The second kappa shape index (κ2) is 4.14. The molecule has 0 bridgehead atoms. The highest BCUT2D eigenvalue weighted by atomic mass is 79.9. The van der Waals surface area contributed by atoms with Crippen LogP contribution in [0.25, 0.3) is 0 Å². The molecule has 0 spiro atoms. The average Bonchev–Trinajstić information content (AvgIpc) is 2.50. The molecule has 1 aromatic carbocycles. The highest BCUT2D eigenvalue weighted by Crippen LogP contribution is 2.16. The number of hydrogen-bond acceptors (Lipinski definition) is 1. The van der Waals surface area contributed by atoms with Crippen LogP contribution in [-0.2, 0) is 6.54 Å². The second-order valence-electron chi connectivity index (χ2n) is 3.41. The quantitative estimate of drug-likeness (QED) is 0.819. The lowest BCUT2D eigenvalue weighted by Gasteiger charge is -2.05. The molecule has 0 saturated heterocycles. The van der Waals surface area contributed by atoms with Crippen molar-refractivity contribution in [1.29, 1.82) is 0 Å². The van der Waals surface area contributed by atoms with E-state index in [1.165, 1.54) is 12.1 Å². The minimum absolute atomic E-state index is 0.232. The lowest BCUT2D eigenvalue weighted by Crippen LogP contribution is -2.03. The molecule has 0 saturated carbocycles. The van der Waals surface area contributed by atoms with Crippen LogP contribution in [0.1, 0.15) is 11.3 Å². The fourth-order valence-electron chi connectivity index (χ4n) is 1.44. The summed E-state index contributed by atoms with van der Waals surface area (Å²) in [6, 6.07) is 6.78. The highest BCUT2D eigenvalue weighted by molar-refractivity contribution is 9.10. The van der Waals surface area contributed by atoms with Crippen molar-refractivity contribution in [2.45, 2.75) is 13.5 Å². The Labute approximate surface area is 95.9 Å². The van der Waals surface area contributed by atoms with Gasteiger partial charge < -0.3 is 0 Å². The van der Waals surface area contributed by atoms with E-state index >= 15 is 0 Å². The Balaban J connectivity index is 2.28. The van der Waals surface area contributed by atoms with Crippen LogP contribution in [0, 0.1) is 12.7 Å². The minimum Gasteiger partial charge on any atom is -0.265 e. The predicted molar refractivity (Wildman–Crippen MR) is 60.2 cm³/mol. The molecule has 0 atom stereocenters. The van der Waals surface area contributed by atoms with Crippen molar-refractivity contribution < 1.29 is 4.39 Å². The zero-order valence-electron chi connectivity index (χ0n) is 8.24. The fraction of sp³-hybridized carbons (Fsp3) is 0.182. The Morgan fingerprint density at radius 1 is 1.40 bits per heavy atom. The van der Waals surface area contributed by atoms with Gasteiger partial charge in [-0.05, 0) is 36.8 Å². The molecule has 0 fully saturated rings. The molecule has 4 heteroatoms. The van der Waals surface area contributed by atoms with E-state index in [1.807, 2.05) is 23.7 Å². The molecule has 0 amide bonds. The summed E-state index contributed by atoms with van der Waals surface area (Å²) in [6.45, 7) is 2.57. The third kappa shape index (κ3) is 2.45. The number of rotatable bonds is 2. The van der Waals surface area contributed by atoms with Crippen LogP contribution >= 0.6 is 15.9 Å². The van der Waals surface area contributed by atoms with E-state index in [0.717, 1.165) is 15.7 Å². The van der Waals surface area contributed by atoms with E-state index in [9.17, 15) is 4.39 Å². The molecule has 78 valence electrons. The standard InChI is InChI=1S/C11H10BrFN2/c1-8-2-3-14-15(8)7-9-4-10(12)6-11(13)5-9/h2-6H,7H2,1H3. The van der Waals surface area contributed by atoms with Crippen molar-refractivity contribution in [2.75, 3.05) is 0 Å².